The van der Waals surface area contributed by atoms with Crippen LogP contribution in [0.15, 0.2) is 42.5 Å². The summed E-state index contributed by atoms with van der Waals surface area (Å²) in [5.41, 5.74) is 2.41. The van der Waals surface area contributed by atoms with Crippen molar-refractivity contribution in [3.63, 3.8) is 0 Å². The molecule has 1 N–H and O–H groups in total. The summed E-state index contributed by atoms with van der Waals surface area (Å²) in [6.07, 6.45) is 0. The van der Waals surface area contributed by atoms with E-state index in [1.54, 1.807) is 19.1 Å². The van der Waals surface area contributed by atoms with Gasteiger partial charge in [0.25, 0.3) is 5.91 Å². The Hall–Kier alpha value is -2.21. The molecule has 0 fully saturated rings. The zero-order valence-electron chi connectivity index (χ0n) is 12.7. The number of nitrogens with zero attached hydrogens (tertiary/aromatic N) is 1. The monoisotopic (exact) mass is 318 g/mol. The van der Waals surface area contributed by atoms with Crippen LogP contribution in [0.25, 0.3) is 11.3 Å². The fourth-order valence-corrected chi connectivity index (χ4v) is 2.48. The number of aromatic nitrogens is 1. The van der Waals surface area contributed by atoms with Crippen LogP contribution in [0.5, 0.6) is 0 Å². The van der Waals surface area contributed by atoms with Gasteiger partial charge in [0, 0.05) is 5.56 Å². The van der Waals surface area contributed by atoms with Gasteiger partial charge in [0.2, 0.25) is 10.0 Å². The Kier molecular flexibility index (Phi) is 4.61. The summed E-state index contributed by atoms with van der Waals surface area (Å²) in [6, 6.07) is 12.9. The van der Waals surface area contributed by atoms with Gasteiger partial charge < -0.3 is 0 Å². The van der Waals surface area contributed by atoms with Crippen LogP contribution in [0.2, 0.25) is 0 Å². The SMILES string of the molecule is Cc1nc(-c2ccccc2)ccc1C(=O)NS(=O)(=O)C(C)C. The van der Waals surface area contributed by atoms with Gasteiger partial charge in [-0.15, -0.1) is 0 Å². The van der Waals surface area contributed by atoms with Gasteiger partial charge in [0.15, 0.2) is 0 Å². The van der Waals surface area contributed by atoms with Crippen LogP contribution in [0.1, 0.15) is 29.9 Å². The summed E-state index contributed by atoms with van der Waals surface area (Å²) in [4.78, 5) is 16.5. The van der Waals surface area contributed by atoms with E-state index in [1.165, 1.54) is 13.8 Å². The van der Waals surface area contributed by atoms with Gasteiger partial charge in [0.05, 0.1) is 22.2 Å². The van der Waals surface area contributed by atoms with E-state index in [0.29, 0.717) is 5.69 Å². The molecule has 116 valence electrons. The maximum atomic E-state index is 12.1. The van der Waals surface area contributed by atoms with Gasteiger partial charge in [-0.05, 0) is 32.9 Å². The Morgan fingerprint density at radius 1 is 1.09 bits per heavy atom. The number of carbonyl (C=O) groups is 1. The molecule has 0 unspecified atom stereocenters. The molecule has 0 saturated heterocycles. The van der Waals surface area contributed by atoms with E-state index in [4.69, 9.17) is 0 Å². The number of hydrogen-bond acceptors (Lipinski definition) is 4. The van der Waals surface area contributed by atoms with Crippen LogP contribution >= 0.6 is 0 Å². The Morgan fingerprint density at radius 3 is 2.27 bits per heavy atom. The number of nitrogens with one attached hydrogen (secondary N) is 1. The third-order valence-corrected chi connectivity index (χ3v) is 4.97. The molecule has 0 aliphatic heterocycles. The van der Waals surface area contributed by atoms with E-state index in [-0.39, 0.29) is 5.56 Å². The second-order valence-electron chi connectivity index (χ2n) is 5.22. The first-order valence-electron chi connectivity index (χ1n) is 6.90. The normalized spacial score (nSPS) is 11.5. The first-order chi connectivity index (χ1) is 10.3. The number of hydrogen-bond donors (Lipinski definition) is 1. The molecule has 1 aromatic carbocycles. The van der Waals surface area contributed by atoms with E-state index in [0.717, 1.165) is 11.3 Å². The summed E-state index contributed by atoms with van der Waals surface area (Å²) < 4.78 is 25.6. The second kappa shape index (κ2) is 6.27. The van der Waals surface area contributed by atoms with E-state index in [9.17, 15) is 13.2 Å². The molecule has 1 heterocycles. The topological polar surface area (TPSA) is 76.1 Å². The van der Waals surface area contributed by atoms with Gasteiger partial charge in [0.1, 0.15) is 0 Å². The third kappa shape index (κ3) is 3.51. The lowest BCUT2D eigenvalue weighted by atomic mass is 10.1. The number of amides is 1. The maximum absolute atomic E-state index is 12.1. The molecule has 0 atom stereocenters. The number of carbonyl (C=O) groups excluding carboxylic acids is 1. The molecule has 2 rings (SSSR count). The molecule has 2 aromatic rings. The first kappa shape index (κ1) is 16.2. The Balaban J connectivity index is 2.29. The highest BCUT2D eigenvalue weighted by Crippen LogP contribution is 2.18. The fraction of sp³-hybridized carbons (Fsp3) is 0.250. The zero-order valence-corrected chi connectivity index (χ0v) is 13.5. The van der Waals surface area contributed by atoms with Crippen molar-refractivity contribution in [2.45, 2.75) is 26.0 Å². The van der Waals surface area contributed by atoms with Crippen LogP contribution < -0.4 is 4.72 Å². The summed E-state index contributed by atoms with van der Waals surface area (Å²) in [5, 5.41) is -0.673. The molecule has 0 aliphatic rings. The molecule has 1 aromatic heterocycles. The number of sulfonamides is 1. The van der Waals surface area contributed by atoms with Crippen LogP contribution in [0.3, 0.4) is 0 Å². The molecule has 6 heteroatoms. The lowest BCUT2D eigenvalue weighted by Crippen LogP contribution is -2.36. The minimum absolute atomic E-state index is 0.254. The van der Waals surface area contributed by atoms with Gasteiger partial charge in [-0.2, -0.15) is 0 Å². The smallest absolute Gasteiger partial charge is 0.266 e. The van der Waals surface area contributed by atoms with Crippen LogP contribution in [-0.4, -0.2) is 24.6 Å². The highest BCUT2D eigenvalue weighted by atomic mass is 32.2. The Labute approximate surface area is 130 Å². The lowest BCUT2D eigenvalue weighted by molar-refractivity contribution is 0.0980. The quantitative estimate of drug-likeness (QED) is 0.940. The minimum atomic E-state index is -3.65. The summed E-state index contributed by atoms with van der Waals surface area (Å²) in [7, 11) is -3.65. The predicted molar refractivity (Wildman–Crippen MR) is 85.9 cm³/mol. The van der Waals surface area contributed by atoms with Crippen molar-refractivity contribution in [2.24, 2.45) is 0 Å². The summed E-state index contributed by atoms with van der Waals surface area (Å²) >= 11 is 0. The van der Waals surface area contributed by atoms with Gasteiger partial charge in [-0.3, -0.25) is 9.78 Å². The van der Waals surface area contributed by atoms with Gasteiger partial charge in [-0.25, -0.2) is 13.1 Å². The van der Waals surface area contributed by atoms with Crippen LogP contribution in [0.4, 0.5) is 0 Å². The van der Waals surface area contributed by atoms with Crippen molar-refractivity contribution >= 4 is 15.9 Å². The zero-order chi connectivity index (χ0) is 16.3. The predicted octanol–water partition coefficient (Wildman–Crippen LogP) is 2.53. The number of rotatable bonds is 4. The van der Waals surface area contributed by atoms with Crippen molar-refractivity contribution in [1.29, 1.82) is 0 Å². The van der Waals surface area contributed by atoms with Crippen molar-refractivity contribution < 1.29 is 13.2 Å². The average Bonchev–Trinajstić information content (AvgIpc) is 2.47. The minimum Gasteiger partial charge on any atom is -0.268 e. The Morgan fingerprint density at radius 2 is 1.73 bits per heavy atom. The van der Waals surface area contributed by atoms with E-state index in [2.05, 4.69) is 9.71 Å². The lowest BCUT2D eigenvalue weighted by Gasteiger charge is -2.11. The molecule has 0 radical (unpaired) electrons. The van der Waals surface area contributed by atoms with E-state index >= 15 is 0 Å². The summed E-state index contributed by atoms with van der Waals surface area (Å²) in [5.74, 6) is -0.654. The Bertz CT molecular complexity index is 784. The van der Waals surface area contributed by atoms with Crippen LogP contribution in [-0.2, 0) is 10.0 Å². The highest BCUT2D eigenvalue weighted by molar-refractivity contribution is 7.90. The van der Waals surface area contributed by atoms with Gasteiger partial charge in [-0.1, -0.05) is 30.3 Å². The van der Waals surface area contributed by atoms with E-state index < -0.39 is 21.2 Å². The number of benzene rings is 1. The van der Waals surface area contributed by atoms with Crippen molar-refractivity contribution in [3.8, 4) is 11.3 Å². The number of aryl methyl sites for hydroxylation is 1. The second-order valence-corrected chi connectivity index (χ2v) is 7.46. The molecule has 0 aliphatic carbocycles. The maximum Gasteiger partial charge on any atom is 0.266 e. The van der Waals surface area contributed by atoms with Gasteiger partial charge >= 0.3 is 0 Å². The number of pyridine rings is 1. The molecule has 0 spiro atoms. The van der Waals surface area contributed by atoms with E-state index in [1.807, 2.05) is 30.3 Å². The summed E-state index contributed by atoms with van der Waals surface area (Å²) in [6.45, 7) is 4.71. The molecular formula is C16H18N2O3S. The largest absolute Gasteiger partial charge is 0.268 e. The van der Waals surface area contributed by atoms with Crippen LogP contribution in [0, 0.1) is 6.92 Å². The van der Waals surface area contributed by atoms with Crippen molar-refractivity contribution in [3.05, 3.63) is 53.7 Å². The fourth-order valence-electron chi connectivity index (χ4n) is 1.87. The average molecular weight is 318 g/mol. The molecular weight excluding hydrogens is 300 g/mol. The first-order valence-corrected chi connectivity index (χ1v) is 8.45. The molecule has 0 bridgehead atoms. The van der Waals surface area contributed by atoms with Crippen molar-refractivity contribution in [2.75, 3.05) is 0 Å². The standard InChI is InChI=1S/C16H18N2O3S/c1-11(2)22(20,21)18-16(19)14-9-10-15(17-12(14)3)13-7-5-4-6-8-13/h4-11H,1-3H3,(H,18,19). The third-order valence-electron chi connectivity index (χ3n) is 3.26. The molecule has 22 heavy (non-hydrogen) atoms. The molecule has 1 amide bonds. The van der Waals surface area contributed by atoms with Crippen molar-refractivity contribution in [1.82, 2.24) is 9.71 Å². The molecule has 0 saturated carbocycles. The molecule has 5 nitrogen and oxygen atoms in total. The highest BCUT2D eigenvalue weighted by Gasteiger charge is 2.21.